The summed E-state index contributed by atoms with van der Waals surface area (Å²) in [6, 6.07) is 13.6. The van der Waals surface area contributed by atoms with Gasteiger partial charge in [0, 0.05) is 11.3 Å². The van der Waals surface area contributed by atoms with E-state index in [0.29, 0.717) is 17.0 Å². The van der Waals surface area contributed by atoms with Crippen LogP contribution < -0.4 is 11.1 Å². The smallest absolute Gasteiger partial charge is 0.326 e. The molecule has 1 heterocycles. The molecule has 0 spiro atoms. The van der Waals surface area contributed by atoms with Crippen molar-refractivity contribution in [3.63, 3.8) is 0 Å². The third-order valence-electron chi connectivity index (χ3n) is 4.11. The lowest BCUT2D eigenvalue weighted by Gasteiger charge is -2.10. The Hall–Kier alpha value is -3.33. The number of aromatic nitrogens is 2. The molecule has 2 amide bonds. The van der Waals surface area contributed by atoms with Crippen molar-refractivity contribution >= 4 is 46.3 Å². The molecule has 8 nitrogen and oxygen atoms in total. The third-order valence-corrected chi connectivity index (χ3v) is 4.66. The first kappa shape index (κ1) is 20.4. The van der Waals surface area contributed by atoms with Crippen LogP contribution in [0.4, 0.5) is 5.69 Å². The lowest BCUT2D eigenvalue weighted by molar-refractivity contribution is -0.147. The number of imidazole rings is 1. The van der Waals surface area contributed by atoms with Gasteiger partial charge in [-0.15, -0.1) is 0 Å². The van der Waals surface area contributed by atoms with Gasteiger partial charge in [0.15, 0.2) is 6.61 Å². The van der Waals surface area contributed by atoms with Gasteiger partial charge in [-0.25, -0.2) is 4.98 Å². The molecule has 3 aromatic rings. The molecule has 0 aliphatic rings. The predicted molar refractivity (Wildman–Crippen MR) is 112 cm³/mol. The molecule has 1 aromatic heterocycles. The molecule has 150 valence electrons. The number of hydrogen-bond acceptors (Lipinski definition) is 6. The van der Waals surface area contributed by atoms with Crippen molar-refractivity contribution in [1.29, 1.82) is 0 Å². The molecular weight excluding hydrogens is 392 g/mol. The van der Waals surface area contributed by atoms with Crippen LogP contribution in [0.2, 0.25) is 0 Å². The maximum absolute atomic E-state index is 12.3. The molecule has 0 fully saturated rings. The van der Waals surface area contributed by atoms with E-state index in [4.69, 9.17) is 10.5 Å². The average molecular weight is 412 g/mol. The summed E-state index contributed by atoms with van der Waals surface area (Å²) in [5, 5.41) is 2.59. The number of nitrogens with one attached hydrogen (secondary N) is 1. The molecule has 2 aromatic carbocycles. The number of hydrogen-bond donors (Lipinski definition) is 2. The van der Waals surface area contributed by atoms with Gasteiger partial charge in [-0.05, 0) is 42.7 Å². The van der Waals surface area contributed by atoms with E-state index in [9.17, 15) is 14.4 Å². The lowest BCUT2D eigenvalue weighted by Crippen LogP contribution is -2.23. The standard InChI is InChI=1S/C20H20N4O4S/c1-29-12-17-23-15-4-2-3-5-16(15)24(17)10-19(26)28-11-18(25)22-14-8-6-13(7-9-14)20(21)27/h2-9H,10-12H2,1H3,(H2,21,27)(H,22,25). The molecule has 3 rings (SSSR count). The Morgan fingerprint density at radius 1 is 1.14 bits per heavy atom. The number of nitrogens with two attached hydrogens (primary N) is 1. The number of rotatable bonds is 8. The number of carbonyl (C=O) groups excluding carboxylic acids is 3. The van der Waals surface area contributed by atoms with Gasteiger partial charge in [-0.3, -0.25) is 14.4 Å². The second-order valence-electron chi connectivity index (χ2n) is 6.19. The Balaban J connectivity index is 1.58. The number of thioether (sulfide) groups is 1. The summed E-state index contributed by atoms with van der Waals surface area (Å²) < 4.78 is 6.91. The van der Waals surface area contributed by atoms with Gasteiger partial charge >= 0.3 is 5.97 Å². The molecule has 0 atom stereocenters. The van der Waals surface area contributed by atoms with E-state index >= 15 is 0 Å². The van der Waals surface area contributed by atoms with Crippen molar-refractivity contribution in [3.8, 4) is 0 Å². The molecule has 0 saturated heterocycles. The molecule has 0 bridgehead atoms. The van der Waals surface area contributed by atoms with Crippen molar-refractivity contribution < 1.29 is 19.1 Å². The summed E-state index contributed by atoms with van der Waals surface area (Å²) >= 11 is 1.60. The summed E-state index contributed by atoms with van der Waals surface area (Å²) in [6.45, 7) is -0.447. The highest BCUT2D eigenvalue weighted by Gasteiger charge is 2.15. The van der Waals surface area contributed by atoms with Crippen LogP contribution >= 0.6 is 11.8 Å². The molecule has 9 heteroatoms. The SMILES string of the molecule is CSCc1nc2ccccc2n1CC(=O)OCC(=O)Nc1ccc(C(N)=O)cc1. The van der Waals surface area contributed by atoms with E-state index < -0.39 is 24.4 Å². The van der Waals surface area contributed by atoms with Crippen LogP contribution in [-0.4, -0.2) is 40.2 Å². The number of amides is 2. The first-order chi connectivity index (χ1) is 14.0. The Morgan fingerprint density at radius 2 is 1.86 bits per heavy atom. The van der Waals surface area contributed by atoms with Gasteiger partial charge < -0.3 is 20.4 Å². The van der Waals surface area contributed by atoms with Gasteiger partial charge in [-0.2, -0.15) is 11.8 Å². The number of primary amides is 1. The molecular formula is C20H20N4O4S. The van der Waals surface area contributed by atoms with E-state index in [0.717, 1.165) is 16.9 Å². The first-order valence-corrected chi connectivity index (χ1v) is 10.2. The Kier molecular flexibility index (Phi) is 6.50. The summed E-state index contributed by atoms with van der Waals surface area (Å²) in [5.41, 5.74) is 7.63. The minimum absolute atomic E-state index is 0.0308. The van der Waals surface area contributed by atoms with Crippen LogP contribution in [0.1, 0.15) is 16.2 Å². The Labute approximate surface area is 171 Å². The summed E-state index contributed by atoms with van der Waals surface area (Å²) in [6.07, 6.45) is 1.96. The number of esters is 1. The number of anilines is 1. The van der Waals surface area contributed by atoms with Crippen LogP contribution in [0, 0.1) is 0 Å². The van der Waals surface area contributed by atoms with Gasteiger partial charge in [0.05, 0.1) is 16.8 Å². The van der Waals surface area contributed by atoms with Crippen LogP contribution in [0.15, 0.2) is 48.5 Å². The fourth-order valence-corrected chi connectivity index (χ4v) is 3.26. The highest BCUT2D eigenvalue weighted by atomic mass is 32.2. The van der Waals surface area contributed by atoms with Gasteiger partial charge in [0.2, 0.25) is 5.91 Å². The molecule has 0 aliphatic heterocycles. The second kappa shape index (κ2) is 9.24. The highest BCUT2D eigenvalue weighted by Crippen LogP contribution is 2.19. The third kappa shape index (κ3) is 5.14. The number of ether oxygens (including phenoxy) is 1. The quantitative estimate of drug-likeness (QED) is 0.548. The van der Waals surface area contributed by atoms with Crippen molar-refractivity contribution in [2.75, 3.05) is 18.2 Å². The van der Waals surface area contributed by atoms with E-state index in [-0.39, 0.29) is 6.54 Å². The zero-order valence-electron chi connectivity index (χ0n) is 15.8. The summed E-state index contributed by atoms with van der Waals surface area (Å²) in [5.74, 6) is -0.136. The minimum Gasteiger partial charge on any atom is -0.454 e. The fourth-order valence-electron chi connectivity index (χ4n) is 2.78. The maximum Gasteiger partial charge on any atom is 0.326 e. The zero-order valence-corrected chi connectivity index (χ0v) is 16.6. The van der Waals surface area contributed by atoms with Crippen molar-refractivity contribution in [3.05, 3.63) is 59.9 Å². The zero-order chi connectivity index (χ0) is 20.8. The number of benzene rings is 2. The van der Waals surface area contributed by atoms with Crippen LogP contribution in [0.25, 0.3) is 11.0 Å². The highest BCUT2D eigenvalue weighted by molar-refractivity contribution is 7.97. The Bertz CT molecular complexity index is 1050. The van der Waals surface area contributed by atoms with E-state index in [1.807, 2.05) is 30.5 Å². The summed E-state index contributed by atoms with van der Waals surface area (Å²) in [4.78, 5) is 39.9. The molecule has 29 heavy (non-hydrogen) atoms. The number of carbonyl (C=O) groups is 3. The molecule has 0 radical (unpaired) electrons. The second-order valence-corrected chi connectivity index (χ2v) is 7.05. The number of para-hydroxylation sites is 2. The number of fused-ring (bicyclic) bond motifs is 1. The fraction of sp³-hybridized carbons (Fsp3) is 0.200. The van der Waals surface area contributed by atoms with Crippen molar-refractivity contribution in [2.24, 2.45) is 5.73 Å². The number of nitrogens with zero attached hydrogens (tertiary/aromatic N) is 2. The van der Waals surface area contributed by atoms with E-state index in [1.54, 1.807) is 28.5 Å². The monoisotopic (exact) mass is 412 g/mol. The normalized spacial score (nSPS) is 10.7. The molecule has 0 saturated carbocycles. The molecule has 3 N–H and O–H groups in total. The van der Waals surface area contributed by atoms with Gasteiger partial charge in [0.25, 0.3) is 5.91 Å². The van der Waals surface area contributed by atoms with E-state index in [2.05, 4.69) is 10.3 Å². The Morgan fingerprint density at radius 3 is 2.55 bits per heavy atom. The maximum atomic E-state index is 12.3. The van der Waals surface area contributed by atoms with Crippen molar-refractivity contribution in [2.45, 2.75) is 12.3 Å². The average Bonchev–Trinajstić information content (AvgIpc) is 3.04. The van der Waals surface area contributed by atoms with Crippen LogP contribution in [-0.2, 0) is 26.6 Å². The van der Waals surface area contributed by atoms with Crippen molar-refractivity contribution in [1.82, 2.24) is 9.55 Å². The molecule has 0 aliphatic carbocycles. The topological polar surface area (TPSA) is 116 Å². The van der Waals surface area contributed by atoms with Gasteiger partial charge in [0.1, 0.15) is 12.4 Å². The van der Waals surface area contributed by atoms with Crippen LogP contribution in [0.3, 0.4) is 0 Å². The van der Waals surface area contributed by atoms with Gasteiger partial charge in [-0.1, -0.05) is 12.1 Å². The molecule has 0 unspecified atom stereocenters. The minimum atomic E-state index is -0.551. The first-order valence-electron chi connectivity index (χ1n) is 8.76. The van der Waals surface area contributed by atoms with Crippen LogP contribution in [0.5, 0.6) is 0 Å². The summed E-state index contributed by atoms with van der Waals surface area (Å²) in [7, 11) is 0. The van der Waals surface area contributed by atoms with E-state index in [1.165, 1.54) is 12.1 Å². The largest absolute Gasteiger partial charge is 0.454 e. The predicted octanol–water partition coefficient (Wildman–Crippen LogP) is 2.18. The lowest BCUT2D eigenvalue weighted by atomic mass is 10.2.